The number of nitrogens with one attached hydrogen (secondary N) is 1. The number of fused-ring (bicyclic) bond motifs is 1. The lowest BCUT2D eigenvalue weighted by Crippen LogP contribution is -2.39. The summed E-state index contributed by atoms with van der Waals surface area (Å²) in [5.74, 6) is -0.311. The predicted octanol–water partition coefficient (Wildman–Crippen LogP) is 3.37. The molecule has 0 saturated heterocycles. The number of carbonyl (C=O) groups excluding carboxylic acids is 3. The monoisotopic (exact) mass is 379 g/mol. The first-order valence-corrected chi connectivity index (χ1v) is 9.50. The van der Waals surface area contributed by atoms with Crippen LogP contribution in [0, 0.1) is 0 Å². The Bertz CT molecular complexity index is 894. The molecule has 1 N–H and O–H groups in total. The molecule has 3 amide bonds. The minimum Gasteiger partial charge on any atom is -0.326 e. The topological polar surface area (TPSA) is 69.7 Å². The number of nitrogens with zero attached hydrogens (tertiary/aromatic N) is 2. The van der Waals surface area contributed by atoms with E-state index in [0.717, 1.165) is 18.5 Å². The summed E-state index contributed by atoms with van der Waals surface area (Å²) >= 11 is 0. The van der Waals surface area contributed by atoms with Gasteiger partial charge in [0.05, 0.1) is 0 Å². The first-order valence-electron chi connectivity index (χ1n) is 9.50. The van der Waals surface area contributed by atoms with Gasteiger partial charge in [0, 0.05) is 50.4 Å². The second-order valence-corrected chi connectivity index (χ2v) is 6.93. The third-order valence-corrected chi connectivity index (χ3v) is 4.82. The number of para-hydroxylation sites is 1. The molecule has 146 valence electrons. The molecule has 0 aliphatic carbocycles. The average Bonchev–Trinajstić information content (AvgIpc) is 2.67. The third-order valence-electron chi connectivity index (χ3n) is 4.82. The van der Waals surface area contributed by atoms with E-state index in [-0.39, 0.29) is 30.7 Å². The van der Waals surface area contributed by atoms with Crippen LogP contribution in [0.15, 0.2) is 48.5 Å². The van der Waals surface area contributed by atoms with Crippen molar-refractivity contribution in [2.45, 2.75) is 33.1 Å². The summed E-state index contributed by atoms with van der Waals surface area (Å²) in [7, 11) is 0. The summed E-state index contributed by atoms with van der Waals surface area (Å²) in [6.07, 6.45) is 2.16. The fourth-order valence-corrected chi connectivity index (χ4v) is 3.56. The minimum atomic E-state index is -0.175. The van der Waals surface area contributed by atoms with Gasteiger partial charge in [-0.15, -0.1) is 0 Å². The molecule has 0 spiro atoms. The number of hydrogen-bond donors (Lipinski definition) is 1. The zero-order chi connectivity index (χ0) is 20.1. The van der Waals surface area contributed by atoms with E-state index in [1.807, 2.05) is 23.1 Å². The second kappa shape index (κ2) is 8.69. The van der Waals surface area contributed by atoms with E-state index < -0.39 is 0 Å². The predicted molar refractivity (Wildman–Crippen MR) is 111 cm³/mol. The van der Waals surface area contributed by atoms with Crippen molar-refractivity contribution < 1.29 is 14.4 Å². The van der Waals surface area contributed by atoms with E-state index in [0.29, 0.717) is 17.9 Å². The second-order valence-electron chi connectivity index (χ2n) is 6.93. The molecular formula is C22H25N3O3. The third kappa shape index (κ3) is 4.57. The standard InChI is InChI=1S/C22H25N3O3/c1-16(26)23-19-9-5-10-20(15-19)24(17(2)27)14-12-22(28)25-13-6-8-18-7-3-4-11-21(18)25/h3-5,7,9-11,15H,6,8,12-14H2,1-2H3,(H,23,26). The number of rotatable bonds is 5. The van der Waals surface area contributed by atoms with Crippen molar-refractivity contribution in [2.24, 2.45) is 0 Å². The maximum atomic E-state index is 12.9. The largest absolute Gasteiger partial charge is 0.326 e. The van der Waals surface area contributed by atoms with Crippen LogP contribution < -0.4 is 15.1 Å². The molecule has 2 aromatic carbocycles. The fraction of sp³-hybridized carbons (Fsp3) is 0.318. The first-order chi connectivity index (χ1) is 13.5. The number of carbonyl (C=O) groups is 3. The summed E-state index contributed by atoms with van der Waals surface area (Å²) in [4.78, 5) is 39.7. The lowest BCUT2D eigenvalue weighted by atomic mass is 10.0. The van der Waals surface area contributed by atoms with E-state index in [9.17, 15) is 14.4 Å². The van der Waals surface area contributed by atoms with E-state index in [4.69, 9.17) is 0 Å². The normalized spacial score (nSPS) is 12.9. The van der Waals surface area contributed by atoms with Crippen LogP contribution in [0.2, 0.25) is 0 Å². The van der Waals surface area contributed by atoms with Crippen LogP contribution >= 0.6 is 0 Å². The van der Waals surface area contributed by atoms with Crippen molar-refractivity contribution in [3.8, 4) is 0 Å². The zero-order valence-electron chi connectivity index (χ0n) is 16.3. The van der Waals surface area contributed by atoms with Crippen LogP contribution in [-0.4, -0.2) is 30.8 Å². The van der Waals surface area contributed by atoms with Gasteiger partial charge in [0.25, 0.3) is 0 Å². The molecule has 3 rings (SSSR count). The van der Waals surface area contributed by atoms with Crippen LogP contribution in [-0.2, 0) is 20.8 Å². The van der Waals surface area contributed by atoms with Gasteiger partial charge in [-0.25, -0.2) is 0 Å². The highest BCUT2D eigenvalue weighted by Gasteiger charge is 2.23. The Kier molecular flexibility index (Phi) is 6.09. The van der Waals surface area contributed by atoms with Crippen LogP contribution in [0.3, 0.4) is 0 Å². The Balaban J connectivity index is 1.72. The molecule has 0 saturated carbocycles. The Morgan fingerprint density at radius 1 is 1.07 bits per heavy atom. The SMILES string of the molecule is CC(=O)Nc1cccc(N(CCC(=O)N2CCCc3ccccc32)C(C)=O)c1. The zero-order valence-corrected chi connectivity index (χ0v) is 16.3. The molecule has 28 heavy (non-hydrogen) atoms. The molecular weight excluding hydrogens is 354 g/mol. The summed E-state index contributed by atoms with van der Waals surface area (Å²) in [6.45, 7) is 3.90. The highest BCUT2D eigenvalue weighted by molar-refractivity contribution is 5.97. The molecule has 0 aromatic heterocycles. The highest BCUT2D eigenvalue weighted by atomic mass is 16.2. The number of hydrogen-bond acceptors (Lipinski definition) is 3. The fourth-order valence-electron chi connectivity index (χ4n) is 3.56. The van der Waals surface area contributed by atoms with Gasteiger partial charge in [0.1, 0.15) is 0 Å². The molecule has 1 heterocycles. The van der Waals surface area contributed by atoms with Crippen molar-refractivity contribution in [3.63, 3.8) is 0 Å². The van der Waals surface area contributed by atoms with E-state index >= 15 is 0 Å². The van der Waals surface area contributed by atoms with Crippen LogP contribution in [0.5, 0.6) is 0 Å². The first kappa shape index (κ1) is 19.6. The molecule has 2 aromatic rings. The number of aryl methyl sites for hydroxylation is 1. The van der Waals surface area contributed by atoms with Crippen LogP contribution in [0.25, 0.3) is 0 Å². The minimum absolute atomic E-state index is 0.0106. The lowest BCUT2D eigenvalue weighted by molar-refractivity contribution is -0.119. The molecule has 1 aliphatic rings. The maximum Gasteiger partial charge on any atom is 0.228 e. The smallest absolute Gasteiger partial charge is 0.228 e. The molecule has 6 heteroatoms. The molecule has 0 unspecified atom stereocenters. The Morgan fingerprint density at radius 3 is 2.61 bits per heavy atom. The summed E-state index contributed by atoms with van der Waals surface area (Å²) in [6, 6.07) is 15.1. The summed E-state index contributed by atoms with van der Waals surface area (Å²) in [5, 5.41) is 2.71. The maximum absolute atomic E-state index is 12.9. The van der Waals surface area contributed by atoms with Crippen molar-refractivity contribution in [3.05, 3.63) is 54.1 Å². The molecule has 1 aliphatic heterocycles. The molecule has 0 atom stereocenters. The quantitative estimate of drug-likeness (QED) is 0.866. The van der Waals surface area contributed by atoms with Crippen molar-refractivity contribution >= 4 is 34.8 Å². The molecule has 0 bridgehead atoms. The van der Waals surface area contributed by atoms with Crippen LogP contribution in [0.1, 0.15) is 32.3 Å². The van der Waals surface area contributed by atoms with Crippen molar-refractivity contribution in [2.75, 3.05) is 28.2 Å². The van der Waals surface area contributed by atoms with E-state index in [2.05, 4.69) is 11.4 Å². The van der Waals surface area contributed by atoms with Gasteiger partial charge in [-0.05, 0) is 42.7 Å². The lowest BCUT2D eigenvalue weighted by Gasteiger charge is -2.30. The number of benzene rings is 2. The summed E-state index contributed by atoms with van der Waals surface area (Å²) in [5.41, 5.74) is 3.44. The molecule has 0 fully saturated rings. The van der Waals surface area contributed by atoms with Gasteiger partial charge in [-0.1, -0.05) is 24.3 Å². The highest BCUT2D eigenvalue weighted by Crippen LogP contribution is 2.27. The van der Waals surface area contributed by atoms with Gasteiger partial charge in [-0.2, -0.15) is 0 Å². The van der Waals surface area contributed by atoms with Crippen LogP contribution in [0.4, 0.5) is 17.1 Å². The van der Waals surface area contributed by atoms with Crippen molar-refractivity contribution in [1.29, 1.82) is 0 Å². The van der Waals surface area contributed by atoms with Gasteiger partial charge < -0.3 is 15.1 Å². The number of anilines is 3. The Labute approximate surface area is 165 Å². The number of amides is 3. The summed E-state index contributed by atoms with van der Waals surface area (Å²) < 4.78 is 0. The Morgan fingerprint density at radius 2 is 1.86 bits per heavy atom. The van der Waals surface area contributed by atoms with E-state index in [1.54, 1.807) is 29.2 Å². The van der Waals surface area contributed by atoms with Gasteiger partial charge >= 0.3 is 0 Å². The van der Waals surface area contributed by atoms with Gasteiger partial charge in [0.15, 0.2) is 0 Å². The van der Waals surface area contributed by atoms with E-state index in [1.165, 1.54) is 19.4 Å². The molecule has 6 nitrogen and oxygen atoms in total. The molecule has 0 radical (unpaired) electrons. The van der Waals surface area contributed by atoms with Gasteiger partial charge in [0.2, 0.25) is 17.7 Å². The average molecular weight is 379 g/mol. The van der Waals surface area contributed by atoms with Crippen molar-refractivity contribution in [1.82, 2.24) is 0 Å². The Hall–Kier alpha value is -3.15. The van der Waals surface area contributed by atoms with Gasteiger partial charge in [-0.3, -0.25) is 14.4 Å².